The first-order chi connectivity index (χ1) is 5.36. The molecule has 3 heteroatoms. The lowest BCUT2D eigenvalue weighted by molar-refractivity contribution is 0.228. The minimum Gasteiger partial charge on any atom is -0.496 e. The highest BCUT2D eigenvalue weighted by atomic mass is 16.5. The summed E-state index contributed by atoms with van der Waals surface area (Å²) >= 11 is 0. The fraction of sp³-hybridized carbons (Fsp3) is 0.125. The molecule has 0 aromatic carbocycles. The molecule has 0 atom stereocenters. The molecule has 0 unspecified atom stereocenters. The lowest BCUT2D eigenvalue weighted by Crippen LogP contribution is -2.03. The van der Waals surface area contributed by atoms with Gasteiger partial charge in [-0.1, -0.05) is 0 Å². The van der Waals surface area contributed by atoms with Crippen LogP contribution in [-0.2, 0) is 11.3 Å². The van der Waals surface area contributed by atoms with Gasteiger partial charge in [-0.25, -0.2) is 4.79 Å². The number of ether oxygens (including phenoxy) is 1. The van der Waals surface area contributed by atoms with Crippen molar-refractivity contribution < 1.29 is 9.15 Å². The SMILES string of the molecule is O=c1ccc2c(o1)C=COC2. The second-order valence-corrected chi connectivity index (χ2v) is 2.26. The molecule has 2 rings (SSSR count). The Bertz CT molecular complexity index is 349. The average molecular weight is 150 g/mol. The molecule has 56 valence electrons. The summed E-state index contributed by atoms with van der Waals surface area (Å²) in [4.78, 5) is 10.7. The van der Waals surface area contributed by atoms with Crippen LogP contribution in [0.25, 0.3) is 6.08 Å². The van der Waals surface area contributed by atoms with Gasteiger partial charge in [0.15, 0.2) is 0 Å². The van der Waals surface area contributed by atoms with Gasteiger partial charge in [0.25, 0.3) is 0 Å². The normalized spacial score (nSPS) is 13.8. The van der Waals surface area contributed by atoms with Crippen molar-refractivity contribution in [1.29, 1.82) is 0 Å². The Morgan fingerprint density at radius 3 is 3.18 bits per heavy atom. The van der Waals surface area contributed by atoms with Crippen LogP contribution >= 0.6 is 0 Å². The van der Waals surface area contributed by atoms with Crippen molar-refractivity contribution in [1.82, 2.24) is 0 Å². The molecule has 0 amide bonds. The number of hydrogen-bond donors (Lipinski definition) is 0. The molecule has 11 heavy (non-hydrogen) atoms. The van der Waals surface area contributed by atoms with E-state index in [1.54, 1.807) is 12.1 Å². The monoisotopic (exact) mass is 150 g/mol. The topological polar surface area (TPSA) is 39.4 Å². The Morgan fingerprint density at radius 1 is 1.36 bits per heavy atom. The quantitative estimate of drug-likeness (QED) is 0.556. The van der Waals surface area contributed by atoms with E-state index in [1.165, 1.54) is 12.3 Å². The van der Waals surface area contributed by atoms with Crippen molar-refractivity contribution in [2.24, 2.45) is 0 Å². The smallest absolute Gasteiger partial charge is 0.336 e. The Kier molecular flexibility index (Phi) is 1.28. The first-order valence-electron chi connectivity index (χ1n) is 3.27. The van der Waals surface area contributed by atoms with Crippen molar-refractivity contribution in [3.63, 3.8) is 0 Å². The van der Waals surface area contributed by atoms with Crippen molar-refractivity contribution in [3.05, 3.63) is 40.1 Å². The summed E-state index contributed by atoms with van der Waals surface area (Å²) in [6.45, 7) is 0.482. The minimum atomic E-state index is -0.324. The van der Waals surface area contributed by atoms with Gasteiger partial charge in [-0.3, -0.25) is 0 Å². The predicted molar refractivity (Wildman–Crippen MR) is 38.8 cm³/mol. The van der Waals surface area contributed by atoms with Crippen LogP contribution in [0.4, 0.5) is 0 Å². The maximum atomic E-state index is 10.7. The van der Waals surface area contributed by atoms with Crippen LogP contribution in [0.5, 0.6) is 0 Å². The summed E-state index contributed by atoms with van der Waals surface area (Å²) in [5, 5.41) is 0. The molecule has 1 aromatic rings. The van der Waals surface area contributed by atoms with E-state index in [1.807, 2.05) is 0 Å². The van der Waals surface area contributed by atoms with Crippen molar-refractivity contribution >= 4 is 6.08 Å². The van der Waals surface area contributed by atoms with E-state index in [9.17, 15) is 4.79 Å². The van der Waals surface area contributed by atoms with Gasteiger partial charge in [-0.05, 0) is 6.07 Å². The Labute approximate surface area is 62.9 Å². The summed E-state index contributed by atoms with van der Waals surface area (Å²) in [5.74, 6) is 0.601. The molecule has 0 radical (unpaired) electrons. The van der Waals surface area contributed by atoms with Gasteiger partial charge in [0.05, 0.1) is 6.26 Å². The van der Waals surface area contributed by atoms with E-state index in [-0.39, 0.29) is 5.63 Å². The zero-order chi connectivity index (χ0) is 7.68. The van der Waals surface area contributed by atoms with E-state index in [0.717, 1.165) is 5.56 Å². The Hall–Kier alpha value is -1.51. The molecular formula is C8H6O3. The second-order valence-electron chi connectivity index (χ2n) is 2.26. The first kappa shape index (κ1) is 6.22. The summed E-state index contributed by atoms with van der Waals surface area (Å²) in [7, 11) is 0. The summed E-state index contributed by atoms with van der Waals surface area (Å²) in [6, 6.07) is 3.10. The number of rotatable bonds is 0. The highest BCUT2D eigenvalue weighted by molar-refractivity contribution is 5.47. The van der Waals surface area contributed by atoms with Gasteiger partial charge < -0.3 is 9.15 Å². The average Bonchev–Trinajstić information content (AvgIpc) is 2.04. The molecule has 1 aromatic heterocycles. The third kappa shape index (κ3) is 1.05. The maximum absolute atomic E-state index is 10.7. The molecule has 2 heterocycles. The van der Waals surface area contributed by atoms with E-state index < -0.39 is 0 Å². The lowest BCUT2D eigenvalue weighted by atomic mass is 10.2. The highest BCUT2D eigenvalue weighted by Gasteiger charge is 2.06. The summed E-state index contributed by atoms with van der Waals surface area (Å²) in [5.41, 5.74) is 0.586. The van der Waals surface area contributed by atoms with Gasteiger partial charge in [0.1, 0.15) is 12.4 Å². The second kappa shape index (κ2) is 2.27. The Morgan fingerprint density at radius 2 is 2.27 bits per heavy atom. The zero-order valence-corrected chi connectivity index (χ0v) is 5.74. The molecule has 0 saturated heterocycles. The Balaban J connectivity index is 2.63. The fourth-order valence-electron chi connectivity index (χ4n) is 0.967. The lowest BCUT2D eigenvalue weighted by Gasteiger charge is -2.07. The van der Waals surface area contributed by atoms with Crippen LogP contribution in [0.3, 0.4) is 0 Å². The number of fused-ring (bicyclic) bond motifs is 1. The van der Waals surface area contributed by atoms with E-state index in [2.05, 4.69) is 0 Å². The van der Waals surface area contributed by atoms with Crippen molar-refractivity contribution in [2.45, 2.75) is 6.61 Å². The predicted octanol–water partition coefficient (Wildman–Crippen LogP) is 1.14. The maximum Gasteiger partial charge on any atom is 0.336 e. The molecule has 1 aliphatic rings. The third-order valence-corrected chi connectivity index (χ3v) is 1.50. The van der Waals surface area contributed by atoms with E-state index in [0.29, 0.717) is 12.4 Å². The van der Waals surface area contributed by atoms with Crippen LogP contribution in [0, 0.1) is 0 Å². The zero-order valence-electron chi connectivity index (χ0n) is 5.74. The molecule has 0 aliphatic carbocycles. The molecule has 0 spiro atoms. The van der Waals surface area contributed by atoms with Crippen LogP contribution in [0.15, 0.2) is 27.6 Å². The van der Waals surface area contributed by atoms with Crippen LogP contribution < -0.4 is 5.63 Å². The molecule has 0 fully saturated rings. The summed E-state index contributed by atoms with van der Waals surface area (Å²) in [6.07, 6.45) is 3.16. The van der Waals surface area contributed by atoms with Crippen LogP contribution in [0.2, 0.25) is 0 Å². The first-order valence-corrected chi connectivity index (χ1v) is 3.27. The molecule has 1 aliphatic heterocycles. The number of hydrogen-bond acceptors (Lipinski definition) is 3. The third-order valence-electron chi connectivity index (χ3n) is 1.50. The van der Waals surface area contributed by atoms with Crippen LogP contribution in [0.1, 0.15) is 11.3 Å². The van der Waals surface area contributed by atoms with Crippen molar-refractivity contribution in [2.75, 3.05) is 0 Å². The minimum absolute atomic E-state index is 0.324. The molecular weight excluding hydrogens is 144 g/mol. The van der Waals surface area contributed by atoms with E-state index >= 15 is 0 Å². The van der Waals surface area contributed by atoms with E-state index in [4.69, 9.17) is 9.15 Å². The van der Waals surface area contributed by atoms with Gasteiger partial charge in [-0.2, -0.15) is 0 Å². The fourth-order valence-corrected chi connectivity index (χ4v) is 0.967. The van der Waals surface area contributed by atoms with Gasteiger partial charge >= 0.3 is 5.63 Å². The standard InChI is InChI=1S/C8H6O3/c9-8-2-1-6-5-10-4-3-7(6)11-8/h1-4H,5H2. The molecule has 3 nitrogen and oxygen atoms in total. The van der Waals surface area contributed by atoms with Crippen LogP contribution in [-0.4, -0.2) is 0 Å². The largest absolute Gasteiger partial charge is 0.496 e. The van der Waals surface area contributed by atoms with Crippen molar-refractivity contribution in [3.8, 4) is 0 Å². The summed E-state index contributed by atoms with van der Waals surface area (Å²) < 4.78 is 9.87. The molecule has 0 saturated carbocycles. The van der Waals surface area contributed by atoms with Gasteiger partial charge in [0, 0.05) is 17.7 Å². The van der Waals surface area contributed by atoms with Gasteiger partial charge in [-0.15, -0.1) is 0 Å². The molecule has 0 N–H and O–H groups in total. The highest BCUT2D eigenvalue weighted by Crippen LogP contribution is 2.14. The molecule has 0 bridgehead atoms. The van der Waals surface area contributed by atoms with Gasteiger partial charge in [0.2, 0.25) is 0 Å².